The molecule has 0 saturated heterocycles. The Kier molecular flexibility index (Phi) is 4.54. The number of amides is 2. The fourth-order valence-electron chi connectivity index (χ4n) is 3.63. The summed E-state index contributed by atoms with van der Waals surface area (Å²) in [7, 11) is 0. The van der Waals surface area contributed by atoms with Crippen molar-refractivity contribution in [1.29, 1.82) is 0 Å². The molecule has 2 aliphatic carbocycles. The Morgan fingerprint density at radius 1 is 1.03 bits per heavy atom. The van der Waals surface area contributed by atoms with Gasteiger partial charge < -0.3 is 14.8 Å². The van der Waals surface area contributed by atoms with E-state index >= 15 is 0 Å². The largest absolute Gasteiger partial charge is 0.349 e. The summed E-state index contributed by atoms with van der Waals surface area (Å²) in [5.74, 6) is 0.0902. The molecule has 1 N–H and O–H groups in total. The zero-order chi connectivity index (χ0) is 19.8. The molecule has 6 nitrogen and oxygen atoms in total. The molecule has 29 heavy (non-hydrogen) atoms. The topological polar surface area (TPSA) is 67.2 Å². The van der Waals surface area contributed by atoms with Crippen molar-refractivity contribution in [3.8, 4) is 0 Å². The summed E-state index contributed by atoms with van der Waals surface area (Å²) in [6.07, 6.45) is 6.00. The molecule has 3 aromatic rings. The van der Waals surface area contributed by atoms with Gasteiger partial charge in [-0.2, -0.15) is 0 Å². The standard InChI is InChI=1S/C23H24N4O2/c28-22(14-26-15-24-20-3-1-2-4-21(20)26)27(19-11-12-19)13-16-5-7-17(8-6-16)23(29)25-18-9-10-18/h1-8,15,18-19H,9-14H2,(H,25,29). The van der Waals surface area contributed by atoms with Crippen molar-refractivity contribution in [3.05, 3.63) is 66.0 Å². The molecule has 2 amide bonds. The first kappa shape index (κ1) is 17.9. The number of rotatable bonds is 7. The number of carbonyl (C=O) groups is 2. The fourth-order valence-corrected chi connectivity index (χ4v) is 3.63. The van der Waals surface area contributed by atoms with E-state index in [1.165, 1.54) is 0 Å². The number of benzene rings is 2. The van der Waals surface area contributed by atoms with Crippen molar-refractivity contribution in [2.24, 2.45) is 0 Å². The zero-order valence-electron chi connectivity index (χ0n) is 16.3. The van der Waals surface area contributed by atoms with Crippen LogP contribution < -0.4 is 5.32 Å². The fraction of sp³-hybridized carbons (Fsp3) is 0.348. The molecule has 0 aliphatic heterocycles. The van der Waals surface area contributed by atoms with E-state index in [2.05, 4.69) is 10.3 Å². The summed E-state index contributed by atoms with van der Waals surface area (Å²) in [5, 5.41) is 3.00. The molecule has 1 aromatic heterocycles. The lowest BCUT2D eigenvalue weighted by molar-refractivity contribution is -0.133. The van der Waals surface area contributed by atoms with Gasteiger partial charge in [-0.25, -0.2) is 4.98 Å². The number of nitrogens with one attached hydrogen (secondary N) is 1. The molecule has 0 bridgehead atoms. The van der Waals surface area contributed by atoms with E-state index in [4.69, 9.17) is 0 Å². The number of aromatic nitrogens is 2. The minimum Gasteiger partial charge on any atom is -0.349 e. The zero-order valence-corrected chi connectivity index (χ0v) is 16.3. The average Bonchev–Trinajstić information content (AvgIpc) is 3.67. The van der Waals surface area contributed by atoms with Crippen LogP contribution in [0.5, 0.6) is 0 Å². The number of hydrogen-bond donors (Lipinski definition) is 1. The van der Waals surface area contributed by atoms with Gasteiger partial charge in [-0.3, -0.25) is 9.59 Å². The highest BCUT2D eigenvalue weighted by atomic mass is 16.2. The number of hydrogen-bond acceptors (Lipinski definition) is 3. The van der Waals surface area contributed by atoms with Gasteiger partial charge in [0.05, 0.1) is 17.4 Å². The lowest BCUT2D eigenvalue weighted by Gasteiger charge is -2.23. The second-order valence-corrected chi connectivity index (χ2v) is 8.06. The van der Waals surface area contributed by atoms with Crippen LogP contribution in [0.2, 0.25) is 0 Å². The van der Waals surface area contributed by atoms with E-state index in [-0.39, 0.29) is 11.8 Å². The molecule has 1 heterocycles. The third-order valence-corrected chi connectivity index (χ3v) is 5.62. The maximum Gasteiger partial charge on any atom is 0.251 e. The Morgan fingerprint density at radius 3 is 2.52 bits per heavy atom. The molecule has 0 unspecified atom stereocenters. The number of carbonyl (C=O) groups excluding carboxylic acids is 2. The molecular formula is C23H24N4O2. The third kappa shape index (κ3) is 4.01. The van der Waals surface area contributed by atoms with Gasteiger partial charge in [-0.05, 0) is 55.5 Å². The monoisotopic (exact) mass is 388 g/mol. The summed E-state index contributed by atoms with van der Waals surface area (Å²) in [6, 6.07) is 16.1. The van der Waals surface area contributed by atoms with E-state index < -0.39 is 0 Å². The molecular weight excluding hydrogens is 364 g/mol. The maximum atomic E-state index is 13.1. The summed E-state index contributed by atoms with van der Waals surface area (Å²) in [4.78, 5) is 31.6. The SMILES string of the molecule is O=C(NC1CC1)c1ccc(CN(C(=O)Cn2cnc3ccccc32)C2CC2)cc1. The van der Waals surface area contributed by atoms with Crippen LogP contribution in [0.15, 0.2) is 54.9 Å². The molecule has 2 aliphatic rings. The first-order valence-corrected chi connectivity index (χ1v) is 10.3. The summed E-state index contributed by atoms with van der Waals surface area (Å²) >= 11 is 0. The smallest absolute Gasteiger partial charge is 0.251 e. The van der Waals surface area contributed by atoms with Gasteiger partial charge in [-0.1, -0.05) is 24.3 Å². The van der Waals surface area contributed by atoms with Crippen LogP contribution in [-0.4, -0.2) is 38.3 Å². The highest BCUT2D eigenvalue weighted by Gasteiger charge is 2.32. The maximum absolute atomic E-state index is 13.1. The Balaban J connectivity index is 1.27. The van der Waals surface area contributed by atoms with Crippen molar-refractivity contribution in [3.63, 3.8) is 0 Å². The quantitative estimate of drug-likeness (QED) is 0.676. The highest BCUT2D eigenvalue weighted by molar-refractivity contribution is 5.94. The van der Waals surface area contributed by atoms with Crippen LogP contribution in [0, 0.1) is 0 Å². The molecule has 0 spiro atoms. The summed E-state index contributed by atoms with van der Waals surface area (Å²) in [6.45, 7) is 0.861. The molecule has 0 radical (unpaired) electrons. The van der Waals surface area contributed by atoms with Gasteiger partial charge in [0.25, 0.3) is 5.91 Å². The minimum atomic E-state index is -0.0128. The van der Waals surface area contributed by atoms with Crippen molar-refractivity contribution < 1.29 is 9.59 Å². The van der Waals surface area contributed by atoms with Crippen LogP contribution in [0.1, 0.15) is 41.6 Å². The van der Waals surface area contributed by atoms with Crippen LogP contribution in [-0.2, 0) is 17.9 Å². The van der Waals surface area contributed by atoms with Gasteiger partial charge in [0.2, 0.25) is 5.91 Å². The number of imidazole rings is 1. The Labute approximate surface area is 169 Å². The second kappa shape index (κ2) is 7.35. The van der Waals surface area contributed by atoms with Gasteiger partial charge in [-0.15, -0.1) is 0 Å². The van der Waals surface area contributed by atoms with E-state index in [9.17, 15) is 9.59 Å². The molecule has 5 rings (SSSR count). The highest BCUT2D eigenvalue weighted by Crippen LogP contribution is 2.29. The number of para-hydroxylation sites is 2. The Morgan fingerprint density at radius 2 is 1.79 bits per heavy atom. The van der Waals surface area contributed by atoms with Crippen molar-refractivity contribution in [2.75, 3.05) is 0 Å². The van der Waals surface area contributed by atoms with Gasteiger partial charge >= 0.3 is 0 Å². The predicted molar refractivity (Wildman–Crippen MR) is 110 cm³/mol. The lowest BCUT2D eigenvalue weighted by atomic mass is 10.1. The predicted octanol–water partition coefficient (Wildman–Crippen LogP) is 3.12. The van der Waals surface area contributed by atoms with Crippen LogP contribution >= 0.6 is 0 Å². The van der Waals surface area contributed by atoms with Crippen LogP contribution in [0.3, 0.4) is 0 Å². The molecule has 148 valence electrons. The molecule has 2 saturated carbocycles. The Bertz CT molecular complexity index is 1050. The first-order chi connectivity index (χ1) is 14.2. The van der Waals surface area contributed by atoms with Gasteiger partial charge in [0.15, 0.2) is 0 Å². The van der Waals surface area contributed by atoms with Crippen molar-refractivity contribution in [2.45, 2.75) is 50.9 Å². The molecule has 6 heteroatoms. The van der Waals surface area contributed by atoms with Gasteiger partial charge in [0.1, 0.15) is 6.54 Å². The Hall–Kier alpha value is -3.15. The van der Waals surface area contributed by atoms with E-state index in [0.29, 0.717) is 30.7 Å². The van der Waals surface area contributed by atoms with Crippen molar-refractivity contribution in [1.82, 2.24) is 19.8 Å². The number of fused-ring (bicyclic) bond motifs is 1. The van der Waals surface area contributed by atoms with Crippen LogP contribution in [0.25, 0.3) is 11.0 Å². The van der Waals surface area contributed by atoms with Gasteiger partial charge in [0, 0.05) is 24.2 Å². The summed E-state index contributed by atoms with van der Waals surface area (Å²) < 4.78 is 1.92. The van der Waals surface area contributed by atoms with E-state index in [1.54, 1.807) is 6.33 Å². The van der Waals surface area contributed by atoms with Crippen molar-refractivity contribution >= 4 is 22.8 Å². The number of nitrogens with zero attached hydrogens (tertiary/aromatic N) is 3. The van der Waals surface area contributed by atoms with E-state index in [1.807, 2.05) is 58.0 Å². The molecule has 2 fully saturated rings. The average molecular weight is 388 g/mol. The summed E-state index contributed by atoms with van der Waals surface area (Å²) in [5.41, 5.74) is 3.60. The lowest BCUT2D eigenvalue weighted by Crippen LogP contribution is -2.35. The molecule has 0 atom stereocenters. The molecule has 2 aromatic carbocycles. The minimum absolute atomic E-state index is 0.0128. The first-order valence-electron chi connectivity index (χ1n) is 10.3. The third-order valence-electron chi connectivity index (χ3n) is 5.62. The van der Waals surface area contributed by atoms with E-state index in [0.717, 1.165) is 42.3 Å². The normalized spacial score (nSPS) is 16.0. The van der Waals surface area contributed by atoms with Crippen LogP contribution in [0.4, 0.5) is 0 Å². The second-order valence-electron chi connectivity index (χ2n) is 8.06.